The first kappa shape index (κ1) is 16.2. The maximum Gasteiger partial charge on any atom is 0.305 e. The van der Waals surface area contributed by atoms with Gasteiger partial charge in [-0.05, 0) is 25.7 Å². The van der Waals surface area contributed by atoms with Crippen LogP contribution in [0, 0.1) is 5.92 Å². The third-order valence-electron chi connectivity index (χ3n) is 4.56. The average molecular weight is 298 g/mol. The van der Waals surface area contributed by atoms with Crippen LogP contribution in [0.5, 0.6) is 0 Å². The lowest BCUT2D eigenvalue weighted by Crippen LogP contribution is -2.49. The Hall–Kier alpha value is -1.14. The van der Waals surface area contributed by atoms with Crippen LogP contribution in [-0.2, 0) is 14.3 Å². The molecule has 1 saturated heterocycles. The fourth-order valence-electron chi connectivity index (χ4n) is 3.26. The zero-order chi connectivity index (χ0) is 15.2. The van der Waals surface area contributed by atoms with E-state index in [9.17, 15) is 9.59 Å². The summed E-state index contributed by atoms with van der Waals surface area (Å²) in [7, 11) is 0. The Morgan fingerprint density at radius 1 is 1.14 bits per heavy atom. The van der Waals surface area contributed by atoms with Gasteiger partial charge in [-0.1, -0.05) is 12.8 Å². The van der Waals surface area contributed by atoms with Gasteiger partial charge in [-0.3, -0.25) is 9.59 Å². The Balaban J connectivity index is 1.72. The summed E-state index contributed by atoms with van der Waals surface area (Å²) < 4.78 is 5.54. The van der Waals surface area contributed by atoms with E-state index >= 15 is 0 Å². The van der Waals surface area contributed by atoms with Crippen molar-refractivity contribution in [3.05, 3.63) is 0 Å². The Bertz CT molecular complexity index is 367. The van der Waals surface area contributed by atoms with Crippen molar-refractivity contribution in [2.75, 3.05) is 19.7 Å². The molecule has 21 heavy (non-hydrogen) atoms. The van der Waals surface area contributed by atoms with Crippen molar-refractivity contribution in [1.82, 2.24) is 4.90 Å². The number of amides is 1. The number of nitrogens with zero attached hydrogens (tertiary/aromatic N) is 1. The van der Waals surface area contributed by atoms with Crippen LogP contribution in [0.15, 0.2) is 0 Å². The molecule has 6 heteroatoms. The first-order valence-corrected chi connectivity index (χ1v) is 7.95. The quantitative estimate of drug-likeness (QED) is 0.789. The topological polar surface area (TPSA) is 92.9 Å². The highest BCUT2D eigenvalue weighted by atomic mass is 16.5. The Labute approximate surface area is 125 Å². The molecule has 2 fully saturated rings. The molecule has 0 spiro atoms. The van der Waals surface area contributed by atoms with E-state index in [-0.39, 0.29) is 37.0 Å². The van der Waals surface area contributed by atoms with Crippen molar-refractivity contribution in [2.45, 2.75) is 57.1 Å². The summed E-state index contributed by atoms with van der Waals surface area (Å²) in [5.41, 5.74) is 6.08. The van der Waals surface area contributed by atoms with Crippen molar-refractivity contribution < 1.29 is 19.4 Å². The SMILES string of the molecule is NC1CCCCC1C(=O)N1CCC(OCCC(=O)O)CC1. The van der Waals surface area contributed by atoms with Gasteiger partial charge in [0.15, 0.2) is 0 Å². The van der Waals surface area contributed by atoms with Crippen LogP contribution in [-0.4, -0.2) is 53.7 Å². The van der Waals surface area contributed by atoms with Crippen LogP contribution in [0.3, 0.4) is 0 Å². The average Bonchev–Trinajstić information content (AvgIpc) is 2.47. The van der Waals surface area contributed by atoms with Crippen molar-refractivity contribution in [3.8, 4) is 0 Å². The molecular formula is C15H26N2O4. The molecule has 2 rings (SSSR count). The highest BCUT2D eigenvalue weighted by Gasteiger charge is 2.33. The van der Waals surface area contributed by atoms with Crippen LogP contribution in [0.4, 0.5) is 0 Å². The van der Waals surface area contributed by atoms with E-state index in [0.29, 0.717) is 13.1 Å². The largest absolute Gasteiger partial charge is 0.481 e. The maximum absolute atomic E-state index is 12.5. The van der Waals surface area contributed by atoms with Gasteiger partial charge in [-0.25, -0.2) is 0 Å². The Morgan fingerprint density at radius 2 is 1.81 bits per heavy atom. The fourth-order valence-corrected chi connectivity index (χ4v) is 3.26. The molecule has 1 aliphatic heterocycles. The molecule has 2 aliphatic rings. The van der Waals surface area contributed by atoms with E-state index in [1.165, 1.54) is 0 Å². The minimum atomic E-state index is -0.839. The van der Waals surface area contributed by atoms with Crippen LogP contribution in [0.1, 0.15) is 44.9 Å². The molecule has 0 aromatic heterocycles. The number of carboxylic acids is 1. The first-order valence-electron chi connectivity index (χ1n) is 7.95. The van der Waals surface area contributed by atoms with Gasteiger partial charge >= 0.3 is 5.97 Å². The summed E-state index contributed by atoms with van der Waals surface area (Å²) in [6.07, 6.45) is 5.77. The van der Waals surface area contributed by atoms with Crippen LogP contribution in [0.2, 0.25) is 0 Å². The summed E-state index contributed by atoms with van der Waals surface area (Å²) in [6.45, 7) is 1.64. The third kappa shape index (κ3) is 4.68. The lowest BCUT2D eigenvalue weighted by atomic mass is 9.84. The second kappa shape index (κ2) is 7.75. The van der Waals surface area contributed by atoms with Crippen LogP contribution >= 0.6 is 0 Å². The number of rotatable bonds is 5. The lowest BCUT2D eigenvalue weighted by molar-refractivity contribution is -0.140. The molecule has 2 unspecified atom stereocenters. The molecule has 6 nitrogen and oxygen atoms in total. The van der Waals surface area contributed by atoms with Crippen molar-refractivity contribution in [1.29, 1.82) is 0 Å². The molecule has 1 amide bonds. The summed E-state index contributed by atoms with van der Waals surface area (Å²) in [5.74, 6) is -0.650. The van der Waals surface area contributed by atoms with Gasteiger partial charge in [0.25, 0.3) is 0 Å². The number of carbonyl (C=O) groups excluding carboxylic acids is 1. The van der Waals surface area contributed by atoms with Crippen LogP contribution < -0.4 is 5.73 Å². The molecule has 0 aromatic rings. The van der Waals surface area contributed by atoms with Gasteiger partial charge in [0.2, 0.25) is 5.91 Å². The van der Waals surface area contributed by atoms with E-state index in [2.05, 4.69) is 0 Å². The van der Waals surface area contributed by atoms with Gasteiger partial charge in [-0.15, -0.1) is 0 Å². The van der Waals surface area contributed by atoms with Crippen molar-refractivity contribution >= 4 is 11.9 Å². The third-order valence-corrected chi connectivity index (χ3v) is 4.56. The highest BCUT2D eigenvalue weighted by Crippen LogP contribution is 2.26. The van der Waals surface area contributed by atoms with E-state index in [4.69, 9.17) is 15.6 Å². The van der Waals surface area contributed by atoms with E-state index in [0.717, 1.165) is 38.5 Å². The number of carbonyl (C=O) groups is 2. The zero-order valence-electron chi connectivity index (χ0n) is 12.5. The molecular weight excluding hydrogens is 272 g/mol. The molecule has 120 valence electrons. The predicted molar refractivity (Wildman–Crippen MR) is 77.7 cm³/mol. The number of likely N-dealkylation sites (tertiary alicyclic amines) is 1. The highest BCUT2D eigenvalue weighted by molar-refractivity contribution is 5.79. The van der Waals surface area contributed by atoms with Crippen LogP contribution in [0.25, 0.3) is 0 Å². The van der Waals surface area contributed by atoms with Gasteiger partial charge < -0.3 is 20.5 Å². The molecule has 1 heterocycles. The van der Waals surface area contributed by atoms with E-state index in [1.807, 2.05) is 4.90 Å². The minimum absolute atomic E-state index is 0.00999. The fraction of sp³-hybridized carbons (Fsp3) is 0.867. The minimum Gasteiger partial charge on any atom is -0.481 e. The van der Waals surface area contributed by atoms with E-state index in [1.54, 1.807) is 0 Å². The molecule has 1 aliphatic carbocycles. The predicted octanol–water partition coefficient (Wildman–Crippen LogP) is 0.986. The maximum atomic E-state index is 12.5. The first-order chi connectivity index (χ1) is 10.1. The standard InChI is InChI=1S/C15H26N2O4/c16-13-4-2-1-3-12(13)15(20)17-8-5-11(6-9-17)21-10-7-14(18)19/h11-13H,1-10,16H2,(H,18,19). The summed E-state index contributed by atoms with van der Waals surface area (Å²) >= 11 is 0. The molecule has 0 aromatic carbocycles. The Morgan fingerprint density at radius 3 is 2.43 bits per heavy atom. The van der Waals surface area contributed by atoms with Crippen molar-refractivity contribution in [3.63, 3.8) is 0 Å². The zero-order valence-corrected chi connectivity index (χ0v) is 12.5. The second-order valence-corrected chi connectivity index (χ2v) is 6.09. The summed E-state index contributed by atoms with van der Waals surface area (Å²) in [4.78, 5) is 24.9. The smallest absolute Gasteiger partial charge is 0.305 e. The summed E-state index contributed by atoms with van der Waals surface area (Å²) in [5, 5.41) is 8.58. The van der Waals surface area contributed by atoms with E-state index < -0.39 is 5.97 Å². The number of hydrogen-bond donors (Lipinski definition) is 2. The normalized spacial score (nSPS) is 27.6. The molecule has 3 N–H and O–H groups in total. The number of hydrogen-bond acceptors (Lipinski definition) is 4. The monoisotopic (exact) mass is 298 g/mol. The molecule has 0 bridgehead atoms. The second-order valence-electron chi connectivity index (χ2n) is 6.09. The van der Waals surface area contributed by atoms with Gasteiger partial charge in [0.05, 0.1) is 25.0 Å². The Kier molecular flexibility index (Phi) is 5.99. The molecule has 0 radical (unpaired) electrons. The number of piperidine rings is 1. The number of aliphatic carboxylic acids is 1. The lowest BCUT2D eigenvalue weighted by Gasteiger charge is -2.37. The van der Waals surface area contributed by atoms with Gasteiger partial charge in [-0.2, -0.15) is 0 Å². The van der Waals surface area contributed by atoms with Gasteiger partial charge in [0, 0.05) is 19.1 Å². The van der Waals surface area contributed by atoms with Gasteiger partial charge in [0.1, 0.15) is 0 Å². The number of nitrogens with two attached hydrogens (primary N) is 1. The molecule has 1 saturated carbocycles. The van der Waals surface area contributed by atoms with Crippen molar-refractivity contribution in [2.24, 2.45) is 11.7 Å². The summed E-state index contributed by atoms with van der Waals surface area (Å²) in [6, 6.07) is 0.00999. The number of ether oxygens (including phenoxy) is 1. The molecule has 2 atom stereocenters. The number of carboxylic acid groups (broad SMARTS) is 1.